The van der Waals surface area contributed by atoms with E-state index in [1.807, 2.05) is 17.5 Å². The fourth-order valence-electron chi connectivity index (χ4n) is 1.49. The van der Waals surface area contributed by atoms with Gasteiger partial charge in [0.15, 0.2) is 0 Å². The zero-order chi connectivity index (χ0) is 8.44. The van der Waals surface area contributed by atoms with Gasteiger partial charge in [-0.15, -0.1) is 11.3 Å². The van der Waals surface area contributed by atoms with E-state index in [0.717, 1.165) is 25.0 Å². The molecule has 1 N–H and O–H groups in total. The molecule has 2 nitrogen and oxygen atoms in total. The Kier molecular flexibility index (Phi) is 1.98. The molecule has 1 unspecified atom stereocenters. The summed E-state index contributed by atoms with van der Waals surface area (Å²) in [5.41, 5.74) is 1.78. The Labute approximate surface area is 75.6 Å². The first-order valence-corrected chi connectivity index (χ1v) is 5.04. The molecule has 0 saturated carbocycles. The molecule has 0 aromatic carbocycles. The lowest BCUT2D eigenvalue weighted by molar-refractivity contribution is 0.0687. The predicted molar refractivity (Wildman–Crippen MR) is 49.0 cm³/mol. The van der Waals surface area contributed by atoms with Crippen LogP contribution in [-0.4, -0.2) is 10.1 Å². The van der Waals surface area contributed by atoms with Gasteiger partial charge in [0.25, 0.3) is 0 Å². The minimum atomic E-state index is -0.780. The summed E-state index contributed by atoms with van der Waals surface area (Å²) < 4.78 is 0. The molecule has 0 saturated heterocycles. The first-order chi connectivity index (χ1) is 5.81. The van der Waals surface area contributed by atoms with Gasteiger partial charge in [-0.05, 0) is 19.3 Å². The van der Waals surface area contributed by atoms with Crippen molar-refractivity contribution in [3.05, 3.63) is 28.7 Å². The topological polar surface area (TPSA) is 33.1 Å². The summed E-state index contributed by atoms with van der Waals surface area (Å²) in [5.74, 6) is 0. The molecule has 2 rings (SSSR count). The number of thiazole rings is 1. The second-order valence-corrected chi connectivity index (χ2v) is 3.81. The van der Waals surface area contributed by atoms with Gasteiger partial charge in [-0.25, -0.2) is 4.98 Å². The van der Waals surface area contributed by atoms with Crippen molar-refractivity contribution in [1.29, 1.82) is 0 Å². The van der Waals surface area contributed by atoms with Crippen LogP contribution in [0.4, 0.5) is 0 Å². The summed E-state index contributed by atoms with van der Waals surface area (Å²) in [6.45, 7) is 0. The summed E-state index contributed by atoms with van der Waals surface area (Å²) in [6.07, 6.45) is 6.82. The molecule has 3 heteroatoms. The molecule has 1 aromatic heterocycles. The van der Waals surface area contributed by atoms with E-state index in [4.69, 9.17) is 0 Å². The van der Waals surface area contributed by atoms with Crippen LogP contribution in [0.25, 0.3) is 0 Å². The van der Waals surface area contributed by atoms with Gasteiger partial charge in [-0.1, -0.05) is 12.2 Å². The standard InChI is InChI=1S/C9H11NOS/c11-9(4-2-1-3-5-9)8-6-12-7-10-8/h2,4,6-7,11H,1,3,5H2. The van der Waals surface area contributed by atoms with Crippen LogP contribution in [0, 0.1) is 0 Å². The number of hydrogen-bond donors (Lipinski definition) is 1. The Balaban J connectivity index is 2.31. The van der Waals surface area contributed by atoms with Crippen molar-refractivity contribution < 1.29 is 5.11 Å². The third-order valence-corrected chi connectivity index (χ3v) is 2.78. The molecular weight excluding hydrogens is 170 g/mol. The fraction of sp³-hybridized carbons (Fsp3) is 0.444. The molecule has 0 amide bonds. The normalized spacial score (nSPS) is 29.1. The Hall–Kier alpha value is -0.670. The van der Waals surface area contributed by atoms with Crippen LogP contribution in [0.1, 0.15) is 25.0 Å². The van der Waals surface area contributed by atoms with Gasteiger partial charge >= 0.3 is 0 Å². The number of aromatic nitrogens is 1. The van der Waals surface area contributed by atoms with Gasteiger partial charge in [0.05, 0.1) is 11.2 Å². The lowest BCUT2D eigenvalue weighted by Gasteiger charge is -2.25. The van der Waals surface area contributed by atoms with E-state index in [9.17, 15) is 5.11 Å². The molecule has 0 fully saturated rings. The Morgan fingerprint density at radius 1 is 1.58 bits per heavy atom. The van der Waals surface area contributed by atoms with E-state index < -0.39 is 5.60 Å². The van der Waals surface area contributed by atoms with Crippen LogP contribution in [0.3, 0.4) is 0 Å². The molecule has 0 spiro atoms. The summed E-state index contributed by atoms with van der Waals surface area (Å²) >= 11 is 1.53. The van der Waals surface area contributed by atoms with Crippen molar-refractivity contribution in [2.45, 2.75) is 24.9 Å². The van der Waals surface area contributed by atoms with Crippen molar-refractivity contribution in [2.75, 3.05) is 0 Å². The van der Waals surface area contributed by atoms with Crippen molar-refractivity contribution >= 4 is 11.3 Å². The summed E-state index contributed by atoms with van der Waals surface area (Å²) in [5, 5.41) is 12.0. The second kappa shape index (κ2) is 2.99. The Morgan fingerprint density at radius 3 is 3.08 bits per heavy atom. The van der Waals surface area contributed by atoms with E-state index in [-0.39, 0.29) is 0 Å². The maximum Gasteiger partial charge on any atom is 0.125 e. The van der Waals surface area contributed by atoms with Crippen LogP contribution in [0.15, 0.2) is 23.0 Å². The molecule has 0 aliphatic heterocycles. The average molecular weight is 181 g/mol. The minimum absolute atomic E-state index is 0.780. The average Bonchev–Trinajstić information content (AvgIpc) is 2.58. The first-order valence-electron chi connectivity index (χ1n) is 4.10. The van der Waals surface area contributed by atoms with E-state index in [0.29, 0.717) is 0 Å². The first kappa shape index (κ1) is 7.95. The largest absolute Gasteiger partial charge is 0.379 e. The van der Waals surface area contributed by atoms with E-state index in [1.165, 1.54) is 11.3 Å². The van der Waals surface area contributed by atoms with E-state index >= 15 is 0 Å². The zero-order valence-corrected chi connectivity index (χ0v) is 7.55. The van der Waals surface area contributed by atoms with Crippen molar-refractivity contribution in [3.8, 4) is 0 Å². The zero-order valence-electron chi connectivity index (χ0n) is 6.73. The van der Waals surface area contributed by atoms with Crippen LogP contribution in [-0.2, 0) is 5.60 Å². The highest BCUT2D eigenvalue weighted by Crippen LogP contribution is 2.31. The van der Waals surface area contributed by atoms with Crippen molar-refractivity contribution in [3.63, 3.8) is 0 Å². The molecule has 12 heavy (non-hydrogen) atoms. The number of nitrogens with zero attached hydrogens (tertiary/aromatic N) is 1. The number of aliphatic hydroxyl groups is 1. The predicted octanol–water partition coefficient (Wildman–Crippen LogP) is 2.07. The lowest BCUT2D eigenvalue weighted by atomic mass is 9.89. The molecule has 1 heterocycles. The third kappa shape index (κ3) is 1.30. The number of rotatable bonds is 1. The van der Waals surface area contributed by atoms with Gasteiger partial charge in [-0.3, -0.25) is 0 Å². The van der Waals surface area contributed by atoms with E-state index in [2.05, 4.69) is 4.98 Å². The lowest BCUT2D eigenvalue weighted by Crippen LogP contribution is -2.24. The molecule has 1 atom stereocenters. The van der Waals surface area contributed by atoms with Crippen molar-refractivity contribution in [2.24, 2.45) is 0 Å². The minimum Gasteiger partial charge on any atom is -0.379 e. The quantitative estimate of drug-likeness (QED) is 0.673. The van der Waals surface area contributed by atoms with Gasteiger partial charge in [0, 0.05) is 5.38 Å². The molecule has 1 aromatic rings. The third-order valence-electron chi connectivity index (χ3n) is 2.20. The monoisotopic (exact) mass is 181 g/mol. The second-order valence-electron chi connectivity index (χ2n) is 3.09. The fourth-order valence-corrected chi connectivity index (χ4v) is 2.12. The highest BCUT2D eigenvalue weighted by atomic mass is 32.1. The SMILES string of the molecule is OC1(c2cscn2)C=CCCC1. The van der Waals surface area contributed by atoms with Crippen molar-refractivity contribution in [1.82, 2.24) is 4.98 Å². The maximum atomic E-state index is 10.1. The van der Waals surface area contributed by atoms with E-state index in [1.54, 1.807) is 5.51 Å². The summed E-state index contributed by atoms with van der Waals surface area (Å²) in [4.78, 5) is 4.13. The summed E-state index contributed by atoms with van der Waals surface area (Å²) in [6, 6.07) is 0. The van der Waals surface area contributed by atoms with Crippen LogP contribution in [0.2, 0.25) is 0 Å². The smallest absolute Gasteiger partial charge is 0.125 e. The van der Waals surface area contributed by atoms with Crippen LogP contribution in [0.5, 0.6) is 0 Å². The molecular formula is C9H11NOS. The maximum absolute atomic E-state index is 10.1. The summed E-state index contributed by atoms with van der Waals surface area (Å²) in [7, 11) is 0. The highest BCUT2D eigenvalue weighted by molar-refractivity contribution is 7.07. The van der Waals surface area contributed by atoms with Gasteiger partial charge in [-0.2, -0.15) is 0 Å². The number of allylic oxidation sites excluding steroid dienone is 1. The highest BCUT2D eigenvalue weighted by Gasteiger charge is 2.29. The molecule has 0 radical (unpaired) electrons. The van der Waals surface area contributed by atoms with Crippen LogP contribution < -0.4 is 0 Å². The Morgan fingerprint density at radius 2 is 2.50 bits per heavy atom. The Bertz CT molecular complexity index is 281. The van der Waals surface area contributed by atoms with Crippen LogP contribution >= 0.6 is 11.3 Å². The molecule has 0 bridgehead atoms. The molecule has 1 aliphatic carbocycles. The number of hydrogen-bond acceptors (Lipinski definition) is 3. The van der Waals surface area contributed by atoms with Gasteiger partial charge in [0.2, 0.25) is 0 Å². The molecule has 1 aliphatic rings. The molecule has 64 valence electrons. The van der Waals surface area contributed by atoms with Gasteiger partial charge < -0.3 is 5.11 Å². The van der Waals surface area contributed by atoms with Gasteiger partial charge in [0.1, 0.15) is 5.60 Å².